The van der Waals surface area contributed by atoms with Crippen molar-refractivity contribution in [2.24, 2.45) is 0 Å². The fourth-order valence-electron chi connectivity index (χ4n) is 2.10. The number of benzene rings is 1. The van der Waals surface area contributed by atoms with Crippen LogP contribution in [0.1, 0.15) is 20.3 Å². The summed E-state index contributed by atoms with van der Waals surface area (Å²) in [6, 6.07) is 5.30. The predicted molar refractivity (Wildman–Crippen MR) is 72.4 cm³/mol. The molecule has 0 radical (unpaired) electrons. The minimum absolute atomic E-state index is 0.213. The van der Waals surface area contributed by atoms with Crippen molar-refractivity contribution in [1.29, 1.82) is 0 Å². The smallest absolute Gasteiger partial charge is 0.323 e. The maximum Gasteiger partial charge on any atom is 0.323 e. The molecule has 0 aliphatic carbocycles. The van der Waals surface area contributed by atoms with E-state index in [9.17, 15) is 9.90 Å². The summed E-state index contributed by atoms with van der Waals surface area (Å²) in [6.45, 7) is 3.68. The standard InChI is InChI=1S/C14H19NO5/c1-9(7-14(2,15-3)13(16)17)20-10-4-5-11-12(6-10)19-8-18-11/h4-6,9,15H,7-8H2,1-3H3,(H,16,17). The van der Waals surface area contributed by atoms with Crippen LogP contribution >= 0.6 is 0 Å². The maximum atomic E-state index is 11.2. The molecule has 6 heteroatoms. The lowest BCUT2D eigenvalue weighted by molar-refractivity contribution is -0.145. The van der Waals surface area contributed by atoms with Gasteiger partial charge < -0.3 is 24.6 Å². The SMILES string of the molecule is CNC(C)(CC(C)Oc1ccc2c(c1)OCO2)C(=O)O. The van der Waals surface area contributed by atoms with Crippen LogP contribution in [0.5, 0.6) is 17.2 Å². The van der Waals surface area contributed by atoms with E-state index >= 15 is 0 Å². The Balaban J connectivity index is 2.01. The number of likely N-dealkylation sites (N-methyl/N-ethyl adjacent to an activating group) is 1. The van der Waals surface area contributed by atoms with Crippen molar-refractivity contribution in [3.05, 3.63) is 18.2 Å². The first-order valence-corrected chi connectivity index (χ1v) is 6.43. The highest BCUT2D eigenvalue weighted by Crippen LogP contribution is 2.35. The van der Waals surface area contributed by atoms with Crippen molar-refractivity contribution in [3.63, 3.8) is 0 Å². The molecule has 1 aliphatic heterocycles. The highest BCUT2D eigenvalue weighted by molar-refractivity contribution is 5.78. The fraction of sp³-hybridized carbons (Fsp3) is 0.500. The van der Waals surface area contributed by atoms with Crippen molar-refractivity contribution in [3.8, 4) is 17.2 Å². The average Bonchev–Trinajstić information content (AvgIpc) is 2.85. The van der Waals surface area contributed by atoms with Crippen LogP contribution in [0.2, 0.25) is 0 Å². The van der Waals surface area contributed by atoms with Gasteiger partial charge in [-0.3, -0.25) is 4.79 Å². The summed E-state index contributed by atoms with van der Waals surface area (Å²) in [4.78, 5) is 11.2. The molecule has 2 N–H and O–H groups in total. The van der Waals surface area contributed by atoms with E-state index in [1.165, 1.54) is 0 Å². The first-order chi connectivity index (χ1) is 9.44. The molecule has 2 rings (SSSR count). The number of carboxylic acid groups (broad SMARTS) is 1. The van der Waals surface area contributed by atoms with Crippen molar-refractivity contribution < 1.29 is 24.1 Å². The van der Waals surface area contributed by atoms with Crippen LogP contribution in [0.25, 0.3) is 0 Å². The second-order valence-electron chi connectivity index (χ2n) is 5.03. The van der Waals surface area contributed by atoms with E-state index in [1.807, 2.05) is 6.92 Å². The third-order valence-electron chi connectivity index (χ3n) is 3.40. The van der Waals surface area contributed by atoms with Crippen LogP contribution in [0.15, 0.2) is 18.2 Å². The third-order valence-corrected chi connectivity index (χ3v) is 3.40. The Bertz CT molecular complexity index is 504. The molecule has 0 saturated heterocycles. The van der Waals surface area contributed by atoms with E-state index in [1.54, 1.807) is 32.2 Å². The van der Waals surface area contributed by atoms with Gasteiger partial charge in [-0.15, -0.1) is 0 Å². The van der Waals surface area contributed by atoms with E-state index in [2.05, 4.69) is 5.32 Å². The quantitative estimate of drug-likeness (QED) is 0.825. The van der Waals surface area contributed by atoms with Crippen LogP contribution in [-0.2, 0) is 4.79 Å². The Morgan fingerprint density at radius 3 is 2.85 bits per heavy atom. The molecule has 0 saturated carbocycles. The van der Waals surface area contributed by atoms with Crippen LogP contribution in [0.3, 0.4) is 0 Å². The largest absolute Gasteiger partial charge is 0.490 e. The van der Waals surface area contributed by atoms with Gasteiger partial charge >= 0.3 is 5.97 Å². The van der Waals surface area contributed by atoms with Crippen LogP contribution in [0.4, 0.5) is 0 Å². The highest BCUT2D eigenvalue weighted by atomic mass is 16.7. The van der Waals surface area contributed by atoms with Gasteiger partial charge in [0.25, 0.3) is 0 Å². The van der Waals surface area contributed by atoms with E-state index in [0.717, 1.165) is 0 Å². The van der Waals surface area contributed by atoms with Gasteiger partial charge in [-0.1, -0.05) is 0 Å². The molecule has 1 aliphatic rings. The van der Waals surface area contributed by atoms with Gasteiger partial charge in [0.15, 0.2) is 11.5 Å². The van der Waals surface area contributed by atoms with Gasteiger partial charge in [-0.25, -0.2) is 0 Å². The minimum Gasteiger partial charge on any atom is -0.490 e. The van der Waals surface area contributed by atoms with Crippen LogP contribution in [-0.4, -0.2) is 36.6 Å². The van der Waals surface area contributed by atoms with Gasteiger partial charge in [0, 0.05) is 12.5 Å². The molecule has 0 amide bonds. The number of nitrogens with one attached hydrogen (secondary N) is 1. The van der Waals surface area contributed by atoms with Crippen molar-refractivity contribution in [2.45, 2.75) is 31.9 Å². The van der Waals surface area contributed by atoms with Crippen LogP contribution in [0, 0.1) is 0 Å². The minimum atomic E-state index is -1.02. The Morgan fingerprint density at radius 1 is 1.50 bits per heavy atom. The van der Waals surface area contributed by atoms with Gasteiger partial charge in [0.1, 0.15) is 11.3 Å². The number of hydrogen-bond acceptors (Lipinski definition) is 5. The summed E-state index contributed by atoms with van der Waals surface area (Å²) in [6.07, 6.45) is 0.0803. The topological polar surface area (TPSA) is 77.0 Å². The Kier molecular flexibility index (Phi) is 4.04. The third kappa shape index (κ3) is 2.96. The second-order valence-corrected chi connectivity index (χ2v) is 5.03. The van der Waals surface area contributed by atoms with E-state index in [-0.39, 0.29) is 12.9 Å². The monoisotopic (exact) mass is 281 g/mol. The normalized spacial score (nSPS) is 17.4. The molecule has 1 aromatic rings. The number of fused-ring (bicyclic) bond motifs is 1. The molecule has 0 aromatic heterocycles. The average molecular weight is 281 g/mol. The van der Waals surface area contributed by atoms with Gasteiger partial charge in [0.2, 0.25) is 6.79 Å². The van der Waals surface area contributed by atoms with E-state index < -0.39 is 11.5 Å². The lowest BCUT2D eigenvalue weighted by atomic mass is 9.95. The molecule has 2 unspecified atom stereocenters. The first-order valence-electron chi connectivity index (χ1n) is 6.43. The summed E-state index contributed by atoms with van der Waals surface area (Å²) in [5.41, 5.74) is -1.02. The molecule has 0 spiro atoms. The summed E-state index contributed by atoms with van der Waals surface area (Å²) < 4.78 is 16.2. The van der Waals surface area contributed by atoms with Crippen molar-refractivity contribution in [2.75, 3.05) is 13.8 Å². The first kappa shape index (κ1) is 14.5. The Morgan fingerprint density at radius 2 is 2.20 bits per heavy atom. The van der Waals surface area contributed by atoms with Gasteiger partial charge in [-0.2, -0.15) is 0 Å². The molecular formula is C14H19NO5. The van der Waals surface area contributed by atoms with Crippen molar-refractivity contribution >= 4 is 5.97 Å². The highest BCUT2D eigenvalue weighted by Gasteiger charge is 2.33. The van der Waals surface area contributed by atoms with Gasteiger partial charge in [-0.05, 0) is 33.0 Å². The summed E-state index contributed by atoms with van der Waals surface area (Å²) >= 11 is 0. The summed E-state index contributed by atoms with van der Waals surface area (Å²) in [5, 5.41) is 12.0. The number of carboxylic acids is 1. The maximum absolute atomic E-state index is 11.2. The Hall–Kier alpha value is -1.95. The summed E-state index contributed by atoms with van der Waals surface area (Å²) in [5.74, 6) is 1.06. The zero-order chi connectivity index (χ0) is 14.8. The fourth-order valence-corrected chi connectivity index (χ4v) is 2.10. The van der Waals surface area contributed by atoms with E-state index in [0.29, 0.717) is 23.7 Å². The molecule has 0 fully saturated rings. The van der Waals surface area contributed by atoms with Gasteiger partial charge in [0.05, 0.1) is 6.10 Å². The molecule has 0 bridgehead atoms. The predicted octanol–water partition coefficient (Wildman–Crippen LogP) is 1.64. The molecule has 20 heavy (non-hydrogen) atoms. The number of hydrogen-bond donors (Lipinski definition) is 2. The number of aliphatic carboxylic acids is 1. The molecular weight excluding hydrogens is 262 g/mol. The molecule has 2 atom stereocenters. The number of carbonyl (C=O) groups is 1. The lowest BCUT2D eigenvalue weighted by Gasteiger charge is -2.27. The van der Waals surface area contributed by atoms with E-state index in [4.69, 9.17) is 14.2 Å². The Labute approximate surface area is 117 Å². The summed E-state index contributed by atoms with van der Waals surface area (Å²) in [7, 11) is 1.63. The number of rotatable bonds is 6. The number of ether oxygens (including phenoxy) is 3. The van der Waals surface area contributed by atoms with Crippen LogP contribution < -0.4 is 19.5 Å². The second kappa shape index (κ2) is 5.58. The van der Waals surface area contributed by atoms with Crippen molar-refractivity contribution in [1.82, 2.24) is 5.32 Å². The lowest BCUT2D eigenvalue weighted by Crippen LogP contribution is -2.50. The molecule has 1 heterocycles. The molecule has 6 nitrogen and oxygen atoms in total. The zero-order valence-corrected chi connectivity index (χ0v) is 11.8. The zero-order valence-electron chi connectivity index (χ0n) is 11.8. The molecule has 1 aromatic carbocycles. The molecule has 110 valence electrons.